The number of hydrogen-bond acceptors (Lipinski definition) is 4. The van der Waals surface area contributed by atoms with Crippen LogP contribution in [-0.4, -0.2) is 16.7 Å². The summed E-state index contributed by atoms with van der Waals surface area (Å²) in [5.74, 6) is 0.109. The van der Waals surface area contributed by atoms with Gasteiger partial charge in [0.05, 0.1) is 0 Å². The zero-order valence-corrected chi connectivity index (χ0v) is 13.2. The molecule has 1 unspecified atom stereocenters. The van der Waals surface area contributed by atoms with E-state index < -0.39 is 0 Å². The van der Waals surface area contributed by atoms with Gasteiger partial charge in [-0.1, -0.05) is 18.2 Å². The Labute approximate surface area is 139 Å². The van der Waals surface area contributed by atoms with Gasteiger partial charge in [-0.3, -0.25) is 4.79 Å². The third kappa shape index (κ3) is 3.32. The Morgan fingerprint density at radius 1 is 1.29 bits per heavy atom. The minimum absolute atomic E-state index is 0.163. The third-order valence-electron chi connectivity index (χ3n) is 3.82. The number of carbonyl (C=O) groups excluding carboxylic acids is 1. The molecular weight excluding hydrogens is 307 g/mol. The monoisotopic (exact) mass is 324 g/mol. The van der Waals surface area contributed by atoms with Crippen LogP contribution in [0.25, 0.3) is 0 Å². The SMILES string of the molecule is CC(N)=C1C(=Nc2ccccn2)NC(=O)CC1c1ccc(F)cc1. The van der Waals surface area contributed by atoms with E-state index in [0.717, 1.165) is 11.1 Å². The van der Waals surface area contributed by atoms with E-state index >= 15 is 0 Å². The standard InChI is InChI=1S/C18H17FN4O/c1-11(20)17-14(12-5-7-13(19)8-6-12)10-16(24)23-18(17)22-15-4-2-3-9-21-15/h2-9,14H,10,20H2,1H3,(H,21,22,23,24). The largest absolute Gasteiger partial charge is 0.402 e. The molecule has 1 amide bonds. The normalized spacial score (nSPS) is 21.5. The fourth-order valence-electron chi connectivity index (χ4n) is 2.77. The van der Waals surface area contributed by atoms with E-state index in [1.807, 2.05) is 6.07 Å². The predicted octanol–water partition coefficient (Wildman–Crippen LogP) is 2.79. The Morgan fingerprint density at radius 2 is 2.04 bits per heavy atom. The number of pyridine rings is 1. The molecule has 1 fully saturated rings. The first-order chi connectivity index (χ1) is 11.5. The van der Waals surface area contributed by atoms with Crippen LogP contribution in [0.2, 0.25) is 0 Å². The highest BCUT2D eigenvalue weighted by Crippen LogP contribution is 2.33. The van der Waals surface area contributed by atoms with Crippen LogP contribution in [0.4, 0.5) is 10.2 Å². The van der Waals surface area contributed by atoms with Gasteiger partial charge >= 0.3 is 0 Å². The first kappa shape index (κ1) is 15.9. The van der Waals surface area contributed by atoms with Crippen molar-refractivity contribution in [3.63, 3.8) is 0 Å². The van der Waals surface area contributed by atoms with Crippen molar-refractivity contribution in [1.82, 2.24) is 10.3 Å². The molecule has 0 aliphatic carbocycles. The number of nitrogens with zero attached hydrogens (tertiary/aromatic N) is 2. The maximum atomic E-state index is 13.2. The van der Waals surface area contributed by atoms with Crippen molar-refractivity contribution in [1.29, 1.82) is 0 Å². The van der Waals surface area contributed by atoms with Gasteiger partial charge in [0.2, 0.25) is 5.91 Å². The van der Waals surface area contributed by atoms with Crippen LogP contribution in [0, 0.1) is 5.82 Å². The Kier molecular flexibility index (Phi) is 4.37. The number of aliphatic imine (C=N–C) groups is 1. The molecule has 122 valence electrons. The molecule has 2 heterocycles. The number of aromatic nitrogens is 1. The Morgan fingerprint density at radius 3 is 2.67 bits per heavy atom. The van der Waals surface area contributed by atoms with E-state index in [1.54, 1.807) is 37.4 Å². The third-order valence-corrected chi connectivity index (χ3v) is 3.82. The number of rotatable bonds is 2. The average molecular weight is 324 g/mol. The second kappa shape index (κ2) is 6.62. The van der Waals surface area contributed by atoms with Gasteiger partial charge in [0.25, 0.3) is 0 Å². The fourth-order valence-corrected chi connectivity index (χ4v) is 2.77. The van der Waals surface area contributed by atoms with Crippen molar-refractivity contribution in [3.05, 3.63) is 71.3 Å². The highest BCUT2D eigenvalue weighted by Gasteiger charge is 2.31. The van der Waals surface area contributed by atoms with E-state index in [1.165, 1.54) is 12.1 Å². The number of carbonyl (C=O) groups is 1. The molecule has 1 atom stereocenters. The summed E-state index contributed by atoms with van der Waals surface area (Å²) in [6, 6.07) is 11.4. The summed E-state index contributed by atoms with van der Waals surface area (Å²) in [5, 5.41) is 2.77. The van der Waals surface area contributed by atoms with Crippen LogP contribution in [0.1, 0.15) is 24.8 Å². The van der Waals surface area contributed by atoms with Crippen molar-refractivity contribution in [3.8, 4) is 0 Å². The van der Waals surface area contributed by atoms with Gasteiger partial charge in [-0.05, 0) is 36.8 Å². The van der Waals surface area contributed by atoms with Gasteiger partial charge in [0.1, 0.15) is 11.7 Å². The zero-order valence-electron chi connectivity index (χ0n) is 13.2. The summed E-state index contributed by atoms with van der Waals surface area (Å²) in [6.45, 7) is 1.76. The van der Waals surface area contributed by atoms with Crippen molar-refractivity contribution >= 4 is 17.6 Å². The molecule has 2 aromatic rings. The van der Waals surface area contributed by atoms with Gasteiger partial charge in [-0.15, -0.1) is 0 Å². The molecule has 3 N–H and O–H groups in total. The number of amidine groups is 1. The molecule has 24 heavy (non-hydrogen) atoms. The van der Waals surface area contributed by atoms with E-state index in [0.29, 0.717) is 17.4 Å². The molecular formula is C18H17FN4O. The smallest absolute Gasteiger partial charge is 0.226 e. The highest BCUT2D eigenvalue weighted by molar-refractivity contribution is 6.12. The average Bonchev–Trinajstić information content (AvgIpc) is 2.55. The molecule has 0 spiro atoms. The number of allylic oxidation sites excluding steroid dienone is 1. The summed E-state index contributed by atoms with van der Waals surface area (Å²) < 4.78 is 13.2. The van der Waals surface area contributed by atoms with Crippen LogP contribution in [0.5, 0.6) is 0 Å². The highest BCUT2D eigenvalue weighted by atomic mass is 19.1. The lowest BCUT2D eigenvalue weighted by Gasteiger charge is -2.28. The zero-order chi connectivity index (χ0) is 17.1. The number of nitrogens with one attached hydrogen (secondary N) is 1. The van der Waals surface area contributed by atoms with Crippen molar-refractivity contribution < 1.29 is 9.18 Å². The minimum Gasteiger partial charge on any atom is -0.402 e. The lowest BCUT2D eigenvalue weighted by atomic mass is 9.83. The number of nitrogens with two attached hydrogens (primary N) is 1. The van der Waals surface area contributed by atoms with E-state index in [9.17, 15) is 9.18 Å². The number of hydrogen-bond donors (Lipinski definition) is 2. The molecule has 1 aliphatic heterocycles. The molecule has 0 radical (unpaired) electrons. The quantitative estimate of drug-likeness (QED) is 0.891. The van der Waals surface area contributed by atoms with Gasteiger partial charge < -0.3 is 11.1 Å². The second-order valence-electron chi connectivity index (χ2n) is 5.60. The number of benzene rings is 1. The summed E-state index contributed by atoms with van der Waals surface area (Å²) in [7, 11) is 0. The van der Waals surface area contributed by atoms with E-state index in [2.05, 4.69) is 15.3 Å². The molecule has 6 heteroatoms. The Bertz CT molecular complexity index is 809. The maximum absolute atomic E-state index is 13.2. The second-order valence-corrected chi connectivity index (χ2v) is 5.60. The number of piperidine rings is 1. The van der Waals surface area contributed by atoms with Crippen LogP contribution < -0.4 is 11.1 Å². The van der Waals surface area contributed by atoms with Gasteiger partial charge in [0, 0.05) is 29.8 Å². The predicted molar refractivity (Wildman–Crippen MR) is 90.1 cm³/mol. The molecule has 1 saturated heterocycles. The van der Waals surface area contributed by atoms with Crippen LogP contribution in [0.15, 0.2) is 64.9 Å². The molecule has 3 rings (SSSR count). The van der Waals surface area contributed by atoms with Gasteiger partial charge in [-0.25, -0.2) is 14.4 Å². The summed E-state index contributed by atoms with van der Waals surface area (Å²) in [5.41, 5.74) is 8.17. The maximum Gasteiger partial charge on any atom is 0.226 e. The first-order valence-corrected chi connectivity index (χ1v) is 7.56. The minimum atomic E-state index is -0.323. The Balaban J connectivity index is 2.07. The number of halogens is 1. The Hall–Kier alpha value is -3.02. The molecule has 1 aliphatic rings. The lowest BCUT2D eigenvalue weighted by molar-refractivity contribution is -0.120. The number of amides is 1. The first-order valence-electron chi connectivity index (χ1n) is 7.56. The van der Waals surface area contributed by atoms with Crippen LogP contribution >= 0.6 is 0 Å². The van der Waals surface area contributed by atoms with Gasteiger partial charge in [-0.2, -0.15) is 0 Å². The van der Waals surface area contributed by atoms with Crippen LogP contribution in [0.3, 0.4) is 0 Å². The van der Waals surface area contributed by atoms with Crippen molar-refractivity contribution in [2.75, 3.05) is 0 Å². The van der Waals surface area contributed by atoms with E-state index in [-0.39, 0.29) is 24.1 Å². The fraction of sp³-hybridized carbons (Fsp3) is 0.167. The molecule has 5 nitrogen and oxygen atoms in total. The van der Waals surface area contributed by atoms with Crippen molar-refractivity contribution in [2.24, 2.45) is 10.7 Å². The van der Waals surface area contributed by atoms with E-state index in [4.69, 9.17) is 5.73 Å². The molecule has 1 aromatic carbocycles. The van der Waals surface area contributed by atoms with Crippen molar-refractivity contribution in [2.45, 2.75) is 19.3 Å². The van der Waals surface area contributed by atoms with Crippen LogP contribution in [-0.2, 0) is 4.79 Å². The summed E-state index contributed by atoms with van der Waals surface area (Å²) in [6.07, 6.45) is 1.86. The topological polar surface area (TPSA) is 80.4 Å². The molecule has 1 aromatic heterocycles. The molecule has 0 bridgehead atoms. The van der Waals surface area contributed by atoms with Gasteiger partial charge in [0.15, 0.2) is 5.82 Å². The lowest BCUT2D eigenvalue weighted by Crippen LogP contribution is -2.41. The summed E-state index contributed by atoms with van der Waals surface area (Å²) >= 11 is 0. The molecule has 0 saturated carbocycles. The summed E-state index contributed by atoms with van der Waals surface area (Å²) in [4.78, 5) is 20.7.